The van der Waals surface area contributed by atoms with E-state index in [1.165, 1.54) is 12.1 Å². The third-order valence-electron chi connectivity index (χ3n) is 4.13. The van der Waals surface area contributed by atoms with Gasteiger partial charge in [-0.1, -0.05) is 47.0 Å². The highest BCUT2D eigenvalue weighted by Crippen LogP contribution is 2.30. The van der Waals surface area contributed by atoms with Crippen molar-refractivity contribution in [2.45, 2.75) is 26.8 Å². The van der Waals surface area contributed by atoms with Crippen LogP contribution >= 0.6 is 23.2 Å². The summed E-state index contributed by atoms with van der Waals surface area (Å²) in [7, 11) is -3.74. The van der Waals surface area contributed by atoms with E-state index >= 15 is 0 Å². The van der Waals surface area contributed by atoms with Gasteiger partial charge in [-0.05, 0) is 50.1 Å². The zero-order valence-corrected chi connectivity index (χ0v) is 17.9. The van der Waals surface area contributed by atoms with Crippen molar-refractivity contribution in [1.29, 1.82) is 0 Å². The molecule has 0 aliphatic rings. The van der Waals surface area contributed by atoms with Crippen LogP contribution in [0.1, 0.15) is 29.7 Å². The Bertz CT molecular complexity index is 961. The van der Waals surface area contributed by atoms with Crippen LogP contribution in [-0.2, 0) is 14.8 Å². The van der Waals surface area contributed by atoms with Gasteiger partial charge in [0.05, 0.1) is 23.0 Å². The Kier molecular flexibility index (Phi) is 6.78. The fourth-order valence-corrected chi connectivity index (χ4v) is 4.16. The van der Waals surface area contributed by atoms with Crippen molar-refractivity contribution in [3.05, 3.63) is 63.1 Å². The standard InChI is InChI=1S/C19H22Cl2N2O3S/c1-12-5-7-16(13(2)9-12)14(3)22-19(24)11-23(27(4,25)26)18-10-15(20)6-8-17(18)21/h5-10,14H,11H2,1-4H3,(H,22,24)/t14-/m0/s1. The van der Waals surface area contributed by atoms with Gasteiger partial charge in [-0.25, -0.2) is 8.42 Å². The fourth-order valence-electron chi connectivity index (χ4n) is 2.86. The lowest BCUT2D eigenvalue weighted by Crippen LogP contribution is -2.41. The molecule has 0 fully saturated rings. The van der Waals surface area contributed by atoms with Crippen LogP contribution in [0.4, 0.5) is 5.69 Å². The summed E-state index contributed by atoms with van der Waals surface area (Å²) in [5.41, 5.74) is 3.33. The molecule has 2 aromatic carbocycles. The zero-order chi connectivity index (χ0) is 20.4. The van der Waals surface area contributed by atoms with E-state index in [-0.39, 0.29) is 16.8 Å². The highest BCUT2D eigenvalue weighted by atomic mass is 35.5. The molecule has 0 aromatic heterocycles. The second-order valence-electron chi connectivity index (χ2n) is 6.51. The van der Waals surface area contributed by atoms with Crippen LogP contribution in [0.3, 0.4) is 0 Å². The molecule has 0 aliphatic carbocycles. The predicted molar refractivity (Wildman–Crippen MR) is 111 cm³/mol. The topological polar surface area (TPSA) is 66.5 Å². The smallest absolute Gasteiger partial charge is 0.241 e. The summed E-state index contributed by atoms with van der Waals surface area (Å²) in [6.45, 7) is 5.43. The molecule has 8 heteroatoms. The molecule has 2 aromatic rings. The normalized spacial score (nSPS) is 12.5. The van der Waals surface area contributed by atoms with Crippen molar-refractivity contribution in [1.82, 2.24) is 5.32 Å². The van der Waals surface area contributed by atoms with Crippen LogP contribution in [0.25, 0.3) is 0 Å². The van der Waals surface area contributed by atoms with Crippen molar-refractivity contribution in [2.24, 2.45) is 0 Å². The van der Waals surface area contributed by atoms with Crippen LogP contribution in [0.5, 0.6) is 0 Å². The fraction of sp³-hybridized carbons (Fsp3) is 0.316. The molecule has 27 heavy (non-hydrogen) atoms. The Morgan fingerprint density at radius 3 is 2.41 bits per heavy atom. The first-order chi connectivity index (χ1) is 12.5. The van der Waals surface area contributed by atoms with Crippen molar-refractivity contribution in [3.8, 4) is 0 Å². The molecule has 0 saturated carbocycles. The quantitative estimate of drug-likeness (QED) is 0.747. The van der Waals surface area contributed by atoms with Gasteiger partial charge in [0.15, 0.2) is 0 Å². The minimum Gasteiger partial charge on any atom is -0.348 e. The number of benzene rings is 2. The van der Waals surface area contributed by atoms with Crippen molar-refractivity contribution >= 4 is 44.8 Å². The molecule has 0 aliphatic heterocycles. The second-order valence-corrected chi connectivity index (χ2v) is 9.27. The molecule has 1 atom stereocenters. The monoisotopic (exact) mass is 428 g/mol. The van der Waals surface area contributed by atoms with E-state index in [4.69, 9.17) is 23.2 Å². The van der Waals surface area contributed by atoms with Gasteiger partial charge in [0.25, 0.3) is 0 Å². The van der Waals surface area contributed by atoms with E-state index < -0.39 is 22.5 Å². The van der Waals surface area contributed by atoms with Crippen LogP contribution in [0.2, 0.25) is 10.0 Å². The Hall–Kier alpha value is -1.76. The molecule has 0 unspecified atom stereocenters. The molecular weight excluding hydrogens is 407 g/mol. The van der Waals surface area contributed by atoms with Crippen molar-refractivity contribution < 1.29 is 13.2 Å². The molecule has 0 spiro atoms. The predicted octanol–water partition coefficient (Wildman–Crippen LogP) is 4.25. The molecule has 5 nitrogen and oxygen atoms in total. The van der Waals surface area contributed by atoms with Gasteiger partial charge in [-0.2, -0.15) is 0 Å². The lowest BCUT2D eigenvalue weighted by Gasteiger charge is -2.24. The first-order valence-electron chi connectivity index (χ1n) is 8.28. The third kappa shape index (κ3) is 5.61. The Morgan fingerprint density at radius 1 is 1.15 bits per heavy atom. The molecule has 146 valence electrons. The van der Waals surface area contributed by atoms with Crippen LogP contribution in [-0.4, -0.2) is 27.1 Å². The number of carbonyl (C=O) groups excluding carboxylic acids is 1. The van der Waals surface area contributed by atoms with Gasteiger partial charge in [-0.3, -0.25) is 9.10 Å². The van der Waals surface area contributed by atoms with Crippen LogP contribution in [0.15, 0.2) is 36.4 Å². The molecule has 0 heterocycles. The number of anilines is 1. The van der Waals surface area contributed by atoms with Gasteiger partial charge in [-0.15, -0.1) is 0 Å². The number of amides is 1. The minimum absolute atomic E-state index is 0.168. The lowest BCUT2D eigenvalue weighted by molar-refractivity contribution is -0.120. The first kappa shape index (κ1) is 21.5. The molecule has 0 bridgehead atoms. The van der Waals surface area contributed by atoms with E-state index in [1.807, 2.05) is 39.0 Å². The number of nitrogens with zero attached hydrogens (tertiary/aromatic N) is 1. The number of aryl methyl sites for hydroxylation is 2. The number of rotatable bonds is 6. The maximum Gasteiger partial charge on any atom is 0.241 e. The summed E-state index contributed by atoms with van der Waals surface area (Å²) in [4.78, 5) is 12.5. The second kappa shape index (κ2) is 8.50. The van der Waals surface area contributed by atoms with Gasteiger partial charge < -0.3 is 5.32 Å². The summed E-state index contributed by atoms with van der Waals surface area (Å²) < 4.78 is 25.4. The number of sulfonamides is 1. The van der Waals surface area contributed by atoms with Gasteiger partial charge in [0.2, 0.25) is 15.9 Å². The highest BCUT2D eigenvalue weighted by molar-refractivity contribution is 7.92. The Balaban J connectivity index is 2.23. The molecule has 0 saturated heterocycles. The van der Waals surface area contributed by atoms with Gasteiger partial charge in [0, 0.05) is 5.02 Å². The van der Waals surface area contributed by atoms with Gasteiger partial charge in [0.1, 0.15) is 6.54 Å². The summed E-state index contributed by atoms with van der Waals surface area (Å²) in [5.74, 6) is -0.441. The Morgan fingerprint density at radius 2 is 1.81 bits per heavy atom. The number of carbonyl (C=O) groups is 1. The maximum atomic E-state index is 12.5. The van der Waals surface area contributed by atoms with E-state index in [0.717, 1.165) is 27.3 Å². The van der Waals surface area contributed by atoms with Crippen molar-refractivity contribution in [2.75, 3.05) is 17.1 Å². The maximum absolute atomic E-state index is 12.5. The van der Waals surface area contributed by atoms with E-state index in [0.29, 0.717) is 5.02 Å². The van der Waals surface area contributed by atoms with Crippen LogP contribution in [0, 0.1) is 13.8 Å². The van der Waals surface area contributed by atoms with E-state index in [9.17, 15) is 13.2 Å². The largest absolute Gasteiger partial charge is 0.348 e. The molecule has 0 radical (unpaired) electrons. The highest BCUT2D eigenvalue weighted by Gasteiger charge is 2.24. The third-order valence-corrected chi connectivity index (χ3v) is 5.81. The number of hydrogen-bond acceptors (Lipinski definition) is 3. The van der Waals surface area contributed by atoms with Crippen molar-refractivity contribution in [3.63, 3.8) is 0 Å². The first-order valence-corrected chi connectivity index (χ1v) is 10.9. The summed E-state index contributed by atoms with van der Waals surface area (Å²) in [6.07, 6.45) is 1.02. The lowest BCUT2D eigenvalue weighted by atomic mass is 10.0. The molecule has 2 rings (SSSR count). The number of halogens is 2. The summed E-state index contributed by atoms with van der Waals surface area (Å²) >= 11 is 12.1. The average Bonchev–Trinajstić information content (AvgIpc) is 2.54. The molecule has 1 N–H and O–H groups in total. The van der Waals surface area contributed by atoms with Gasteiger partial charge >= 0.3 is 0 Å². The number of hydrogen-bond donors (Lipinski definition) is 1. The van der Waals surface area contributed by atoms with E-state index in [1.54, 1.807) is 6.07 Å². The Labute approximate surface area is 170 Å². The van der Waals surface area contributed by atoms with Crippen LogP contribution < -0.4 is 9.62 Å². The SMILES string of the molecule is Cc1ccc([C@H](C)NC(=O)CN(c2cc(Cl)ccc2Cl)S(C)(=O)=O)c(C)c1. The average molecular weight is 429 g/mol. The summed E-state index contributed by atoms with van der Waals surface area (Å²) in [6, 6.07) is 10.2. The van der Waals surface area contributed by atoms with E-state index in [2.05, 4.69) is 5.32 Å². The zero-order valence-electron chi connectivity index (χ0n) is 15.6. The minimum atomic E-state index is -3.74. The summed E-state index contributed by atoms with van der Waals surface area (Å²) in [5, 5.41) is 3.36. The molecule has 1 amide bonds. The number of nitrogens with one attached hydrogen (secondary N) is 1. The molecular formula is C19H22Cl2N2O3S.